The predicted octanol–water partition coefficient (Wildman–Crippen LogP) is 16.8. The fourth-order valence-electron chi connectivity index (χ4n) is 8.14. The average Bonchev–Trinajstić information content (AvgIpc) is 4.00. The number of alkyl halides is 6. The molecule has 0 unspecified atom stereocenters. The summed E-state index contributed by atoms with van der Waals surface area (Å²) in [4.78, 5) is 6.88. The van der Waals surface area contributed by atoms with Crippen LogP contribution in [0.4, 0.5) is 26.3 Å². The van der Waals surface area contributed by atoms with E-state index in [1.54, 1.807) is 0 Å². The van der Waals surface area contributed by atoms with Gasteiger partial charge in [-0.1, -0.05) is 77.9 Å². The van der Waals surface area contributed by atoms with Crippen LogP contribution in [0.5, 0.6) is 0 Å². The van der Waals surface area contributed by atoms with Gasteiger partial charge in [0, 0.05) is 80.4 Å². The average molecular weight is 893 g/mol. The molecule has 2 aromatic carbocycles. The van der Waals surface area contributed by atoms with Crippen molar-refractivity contribution < 1.29 is 26.3 Å². The molecule has 12 heteroatoms. The maximum Gasteiger partial charge on any atom is 0.380 e. The van der Waals surface area contributed by atoms with E-state index in [1.807, 2.05) is 84.9 Å². The van der Waals surface area contributed by atoms with Gasteiger partial charge in [-0.2, -0.15) is 26.3 Å². The van der Waals surface area contributed by atoms with Crippen LogP contribution in [0.1, 0.15) is 81.9 Å². The van der Waals surface area contributed by atoms with E-state index in [1.165, 1.54) is 80.2 Å². The first-order valence-electron chi connectivity index (χ1n) is 18.6. The molecule has 0 bridgehead atoms. The van der Waals surface area contributed by atoms with Gasteiger partial charge in [-0.15, -0.1) is 68.0 Å². The molecule has 296 valence electrons. The quantitative estimate of drug-likeness (QED) is 0.154. The number of halogens is 6. The number of hydrogen-bond donors (Lipinski definition) is 0. The van der Waals surface area contributed by atoms with E-state index in [0.29, 0.717) is 19.5 Å². The third-order valence-electron chi connectivity index (χ3n) is 11.1. The lowest BCUT2D eigenvalue weighted by molar-refractivity contribution is -0.254. The molecule has 0 aliphatic heterocycles. The van der Waals surface area contributed by atoms with Crippen molar-refractivity contribution in [3.63, 3.8) is 0 Å². The van der Waals surface area contributed by atoms with E-state index in [0.717, 1.165) is 49.4 Å². The zero-order chi connectivity index (χ0) is 40.9. The summed E-state index contributed by atoms with van der Waals surface area (Å²) in [7, 11) is 0. The topological polar surface area (TPSA) is 0 Å². The molecule has 2 aliphatic rings. The van der Waals surface area contributed by atoms with Gasteiger partial charge in [-0.3, -0.25) is 0 Å². The standard InChI is InChI=1S/C46H34F6S6/c1-41(2,3)33-17-15-29(55-33)31-21-25-37-38(45(49,50)46(51,52)44(37,47)48)26-22-32(30-16-18-34(56-30)42(4,5)6)58-40(26)43(39(25)57-31,35-19-23-11-7-9-13-27(23)53-35)36-20-24-12-8-10-14-28(24)54-36/h7-22H,1-6H3. The molecule has 0 fully saturated rings. The minimum Gasteiger partial charge on any atom is -0.194 e. The molecular formula is C46H34F6S6. The molecule has 0 amide bonds. The first-order chi connectivity index (χ1) is 27.2. The molecule has 6 aromatic heterocycles. The minimum atomic E-state index is -5.68. The van der Waals surface area contributed by atoms with Crippen LogP contribution in [0, 0.1) is 0 Å². The lowest BCUT2D eigenvalue weighted by Gasteiger charge is -2.34. The van der Waals surface area contributed by atoms with Gasteiger partial charge in [0.15, 0.2) is 0 Å². The van der Waals surface area contributed by atoms with Gasteiger partial charge in [-0.05, 0) is 82.3 Å². The van der Waals surface area contributed by atoms with Crippen LogP contribution in [0.15, 0.2) is 97.1 Å². The second kappa shape index (κ2) is 12.5. The van der Waals surface area contributed by atoms with Crippen LogP contribution in [-0.2, 0) is 16.2 Å². The summed E-state index contributed by atoms with van der Waals surface area (Å²) in [6.07, 6.45) is 0. The molecule has 0 nitrogen and oxygen atoms in total. The van der Waals surface area contributed by atoms with Crippen molar-refractivity contribution in [2.24, 2.45) is 0 Å². The van der Waals surface area contributed by atoms with Crippen molar-refractivity contribution in [2.75, 3.05) is 0 Å². The number of allylic oxidation sites excluding steroid dienone is 2. The zero-order valence-corrected chi connectivity index (χ0v) is 36.9. The minimum absolute atomic E-state index is 0.218. The summed E-state index contributed by atoms with van der Waals surface area (Å²) in [5.74, 6) is -16.1. The molecule has 0 spiro atoms. The van der Waals surface area contributed by atoms with E-state index in [-0.39, 0.29) is 22.0 Å². The van der Waals surface area contributed by atoms with Crippen molar-refractivity contribution in [1.29, 1.82) is 0 Å². The zero-order valence-electron chi connectivity index (χ0n) is 32.0. The fraction of sp³-hybridized carbons (Fsp3) is 0.261. The van der Waals surface area contributed by atoms with E-state index < -0.39 is 34.3 Å². The summed E-state index contributed by atoms with van der Waals surface area (Å²) in [5, 5.41) is 1.82. The number of fused-ring (bicyclic) bond motifs is 6. The van der Waals surface area contributed by atoms with Crippen LogP contribution < -0.4 is 0 Å². The van der Waals surface area contributed by atoms with Crippen molar-refractivity contribution in [3.8, 4) is 19.5 Å². The Balaban J connectivity index is 1.40. The van der Waals surface area contributed by atoms with E-state index in [9.17, 15) is 0 Å². The molecular weight excluding hydrogens is 859 g/mol. The maximum absolute atomic E-state index is 16.9. The summed E-state index contributed by atoms with van der Waals surface area (Å²) >= 11 is 8.44. The Morgan fingerprint density at radius 2 is 0.828 bits per heavy atom. The van der Waals surface area contributed by atoms with Crippen molar-refractivity contribution in [1.82, 2.24) is 0 Å². The maximum atomic E-state index is 16.9. The number of rotatable bonds is 4. The number of benzene rings is 2. The van der Waals surface area contributed by atoms with Gasteiger partial charge in [0.2, 0.25) is 0 Å². The van der Waals surface area contributed by atoms with Gasteiger partial charge in [0.25, 0.3) is 0 Å². The second-order valence-electron chi connectivity index (χ2n) is 17.1. The Bertz CT molecular complexity index is 2710. The highest BCUT2D eigenvalue weighted by molar-refractivity contribution is 7.25. The van der Waals surface area contributed by atoms with Crippen molar-refractivity contribution >= 4 is 99.3 Å². The molecule has 0 radical (unpaired) electrons. The largest absolute Gasteiger partial charge is 0.380 e. The lowest BCUT2D eigenvalue weighted by atomic mass is 9.77. The Morgan fingerprint density at radius 3 is 1.19 bits per heavy atom. The highest BCUT2D eigenvalue weighted by Gasteiger charge is 2.81. The Morgan fingerprint density at radius 1 is 0.431 bits per heavy atom. The molecule has 2 aliphatic carbocycles. The number of thiophene rings is 6. The highest BCUT2D eigenvalue weighted by Crippen LogP contribution is 2.71. The SMILES string of the molecule is CC(C)(C)c1ccc(-c2cc3c(s2)C(c2cc4ccccc4s2)(c2cc4ccccc4s2)c2sc(-c4ccc(C(C)(C)C)s4)cc2C2=C3C(F)(F)C(F)(F)C2(F)F)s1. The van der Waals surface area contributed by atoms with Crippen molar-refractivity contribution in [3.05, 3.63) is 137 Å². The Hall–Kier alpha value is -3.52. The van der Waals surface area contributed by atoms with Crippen LogP contribution in [0.3, 0.4) is 0 Å². The predicted molar refractivity (Wildman–Crippen MR) is 237 cm³/mol. The van der Waals surface area contributed by atoms with E-state index in [2.05, 4.69) is 41.5 Å². The first-order valence-corrected chi connectivity index (χ1v) is 23.5. The molecule has 0 atom stereocenters. The molecule has 6 heterocycles. The summed E-state index contributed by atoms with van der Waals surface area (Å²) in [6.45, 7) is 12.5. The van der Waals surface area contributed by atoms with Crippen LogP contribution in [0.2, 0.25) is 0 Å². The molecule has 58 heavy (non-hydrogen) atoms. The summed E-state index contributed by atoms with van der Waals surface area (Å²) < 4.78 is 101. The third kappa shape index (κ3) is 5.27. The molecule has 0 saturated carbocycles. The smallest absolute Gasteiger partial charge is 0.194 e. The summed E-state index contributed by atoms with van der Waals surface area (Å²) in [6, 6.07) is 30.5. The van der Waals surface area contributed by atoms with Gasteiger partial charge < -0.3 is 0 Å². The second-order valence-corrected chi connectivity index (χ2v) is 23.5. The Labute approximate surface area is 355 Å². The van der Waals surface area contributed by atoms with Gasteiger partial charge in [0.05, 0.1) is 0 Å². The van der Waals surface area contributed by atoms with E-state index >= 15 is 26.3 Å². The fourth-order valence-corrected chi connectivity index (χ4v) is 16.2. The molecule has 0 N–H and O–H groups in total. The summed E-state index contributed by atoms with van der Waals surface area (Å²) in [5.41, 5.74) is -4.95. The van der Waals surface area contributed by atoms with Gasteiger partial charge in [0.1, 0.15) is 5.41 Å². The first kappa shape index (κ1) is 38.7. The normalized spacial score (nSPS) is 18.1. The van der Waals surface area contributed by atoms with Gasteiger partial charge >= 0.3 is 17.8 Å². The van der Waals surface area contributed by atoms with Crippen LogP contribution >= 0.6 is 68.0 Å². The van der Waals surface area contributed by atoms with Crippen LogP contribution in [-0.4, -0.2) is 17.8 Å². The molecule has 10 rings (SSSR count). The Kier molecular flexibility index (Phi) is 8.34. The monoisotopic (exact) mass is 892 g/mol. The van der Waals surface area contributed by atoms with Crippen molar-refractivity contribution in [2.45, 2.75) is 75.6 Å². The highest BCUT2D eigenvalue weighted by atomic mass is 32.1. The molecule has 0 saturated heterocycles. The third-order valence-corrected chi connectivity index (χ3v) is 19.5. The van der Waals surface area contributed by atoms with Crippen LogP contribution in [0.25, 0.3) is 50.8 Å². The van der Waals surface area contributed by atoms with Gasteiger partial charge in [-0.25, -0.2) is 0 Å². The van der Waals surface area contributed by atoms with E-state index in [4.69, 9.17) is 0 Å². The number of hydrogen-bond acceptors (Lipinski definition) is 6. The molecule has 8 aromatic rings. The lowest BCUT2D eigenvalue weighted by Crippen LogP contribution is -2.49.